The second-order valence-corrected chi connectivity index (χ2v) is 5.73. The van der Waals surface area contributed by atoms with Crippen LogP contribution in [0, 0.1) is 0 Å². The molecule has 0 atom stereocenters. The molecule has 1 heterocycles. The average molecular weight is 291 g/mol. The number of carbonyl (C=O) groups is 1. The summed E-state index contributed by atoms with van der Waals surface area (Å²) in [6.45, 7) is 6.00. The number of nitrogens with zero attached hydrogens (tertiary/aromatic N) is 3. The second kappa shape index (κ2) is 6.78. The number of likely N-dealkylation sites (N-methyl/N-ethyl adjacent to an activating group) is 1. The molecule has 0 radical (unpaired) electrons. The number of amides is 1. The van der Waals surface area contributed by atoms with E-state index in [0.29, 0.717) is 11.3 Å². The summed E-state index contributed by atoms with van der Waals surface area (Å²) in [5.41, 5.74) is 13.3. The van der Waals surface area contributed by atoms with Gasteiger partial charge in [0.05, 0.1) is 16.9 Å². The van der Waals surface area contributed by atoms with Crippen molar-refractivity contribution in [3.63, 3.8) is 0 Å². The summed E-state index contributed by atoms with van der Waals surface area (Å²) in [6, 6.07) is 5.47. The molecule has 1 saturated heterocycles. The fourth-order valence-electron chi connectivity index (χ4n) is 2.60. The lowest BCUT2D eigenvalue weighted by atomic mass is 10.1. The Bertz CT molecular complexity index is 495. The number of piperazine rings is 1. The fourth-order valence-corrected chi connectivity index (χ4v) is 2.60. The predicted octanol–water partition coefficient (Wildman–Crippen LogP) is 0.0513. The molecule has 4 N–H and O–H groups in total. The van der Waals surface area contributed by atoms with Crippen molar-refractivity contribution >= 4 is 17.3 Å². The van der Waals surface area contributed by atoms with E-state index in [2.05, 4.69) is 28.8 Å². The zero-order valence-electron chi connectivity index (χ0n) is 12.9. The van der Waals surface area contributed by atoms with E-state index in [-0.39, 0.29) is 0 Å². The Morgan fingerprint density at radius 1 is 1.24 bits per heavy atom. The first-order chi connectivity index (χ1) is 9.99. The van der Waals surface area contributed by atoms with Gasteiger partial charge in [-0.25, -0.2) is 0 Å². The molecule has 21 heavy (non-hydrogen) atoms. The van der Waals surface area contributed by atoms with Crippen molar-refractivity contribution in [1.29, 1.82) is 0 Å². The quantitative estimate of drug-likeness (QED) is 0.750. The lowest BCUT2D eigenvalue weighted by Crippen LogP contribution is -2.48. The molecule has 0 unspecified atom stereocenters. The van der Waals surface area contributed by atoms with Crippen molar-refractivity contribution < 1.29 is 4.79 Å². The molecule has 0 spiro atoms. The van der Waals surface area contributed by atoms with Gasteiger partial charge in [-0.2, -0.15) is 0 Å². The van der Waals surface area contributed by atoms with Crippen molar-refractivity contribution in [1.82, 2.24) is 9.80 Å². The summed E-state index contributed by atoms with van der Waals surface area (Å²) in [6.07, 6.45) is 0. The van der Waals surface area contributed by atoms with Crippen molar-refractivity contribution in [3.8, 4) is 0 Å². The van der Waals surface area contributed by atoms with Crippen LogP contribution in [0.5, 0.6) is 0 Å². The van der Waals surface area contributed by atoms with Crippen LogP contribution in [-0.4, -0.2) is 69.1 Å². The van der Waals surface area contributed by atoms with Crippen LogP contribution in [-0.2, 0) is 0 Å². The van der Waals surface area contributed by atoms with Crippen LogP contribution in [0.4, 0.5) is 11.4 Å². The molecule has 6 nitrogen and oxygen atoms in total. The summed E-state index contributed by atoms with van der Waals surface area (Å²) in [5, 5.41) is 0. The van der Waals surface area contributed by atoms with Crippen LogP contribution in [0.2, 0.25) is 0 Å². The molecule has 0 aliphatic carbocycles. The molecular formula is C15H25N5O. The topological polar surface area (TPSA) is 78.8 Å². The number of primary amides is 1. The van der Waals surface area contributed by atoms with Crippen molar-refractivity contribution in [2.45, 2.75) is 0 Å². The Labute approximate surface area is 126 Å². The Morgan fingerprint density at radius 3 is 2.48 bits per heavy atom. The highest BCUT2D eigenvalue weighted by molar-refractivity contribution is 6.00. The zero-order valence-corrected chi connectivity index (χ0v) is 12.9. The van der Waals surface area contributed by atoms with E-state index < -0.39 is 5.91 Å². The lowest BCUT2D eigenvalue weighted by Gasteiger charge is -2.37. The maximum absolute atomic E-state index is 11.4. The van der Waals surface area contributed by atoms with Gasteiger partial charge in [0.15, 0.2) is 0 Å². The maximum Gasteiger partial charge on any atom is 0.250 e. The predicted molar refractivity (Wildman–Crippen MR) is 86.6 cm³/mol. The minimum absolute atomic E-state index is 0.405. The molecule has 6 heteroatoms. The largest absolute Gasteiger partial charge is 0.396 e. The van der Waals surface area contributed by atoms with E-state index in [0.717, 1.165) is 45.0 Å². The molecule has 1 aromatic carbocycles. The highest BCUT2D eigenvalue weighted by Crippen LogP contribution is 2.27. The number of para-hydroxylation sites is 1. The Balaban J connectivity index is 1.99. The third kappa shape index (κ3) is 3.86. The molecule has 1 aliphatic heterocycles. The van der Waals surface area contributed by atoms with Gasteiger partial charge in [-0.3, -0.25) is 9.69 Å². The van der Waals surface area contributed by atoms with Gasteiger partial charge in [-0.1, -0.05) is 6.07 Å². The van der Waals surface area contributed by atoms with E-state index >= 15 is 0 Å². The Kier molecular flexibility index (Phi) is 5.03. The Morgan fingerprint density at radius 2 is 1.90 bits per heavy atom. The molecule has 1 amide bonds. The average Bonchev–Trinajstić information content (AvgIpc) is 2.45. The van der Waals surface area contributed by atoms with Gasteiger partial charge in [0.2, 0.25) is 0 Å². The van der Waals surface area contributed by atoms with Gasteiger partial charge in [0.1, 0.15) is 0 Å². The number of benzene rings is 1. The smallest absolute Gasteiger partial charge is 0.250 e. The van der Waals surface area contributed by atoms with Gasteiger partial charge in [0.25, 0.3) is 5.91 Å². The van der Waals surface area contributed by atoms with E-state index in [1.54, 1.807) is 6.07 Å². The molecule has 0 aromatic heterocycles. The van der Waals surface area contributed by atoms with Crippen LogP contribution < -0.4 is 16.4 Å². The summed E-state index contributed by atoms with van der Waals surface area (Å²) >= 11 is 0. The SMILES string of the molecule is CN(C)CCN1CCN(c2cccc(C(N)=O)c2N)CC1. The Hall–Kier alpha value is -1.79. The van der Waals surface area contributed by atoms with Crippen LogP contribution in [0.3, 0.4) is 0 Å². The normalized spacial score (nSPS) is 16.4. The van der Waals surface area contributed by atoms with Gasteiger partial charge in [0, 0.05) is 39.3 Å². The third-order valence-electron chi connectivity index (χ3n) is 3.92. The van der Waals surface area contributed by atoms with Crippen LogP contribution in [0.25, 0.3) is 0 Å². The van der Waals surface area contributed by atoms with Gasteiger partial charge in [-0.05, 0) is 26.2 Å². The van der Waals surface area contributed by atoms with E-state index in [1.807, 2.05) is 12.1 Å². The first-order valence-electron chi connectivity index (χ1n) is 7.29. The maximum atomic E-state index is 11.4. The fraction of sp³-hybridized carbons (Fsp3) is 0.533. The van der Waals surface area contributed by atoms with Crippen LogP contribution in [0.15, 0.2) is 18.2 Å². The molecule has 1 aliphatic rings. The molecular weight excluding hydrogens is 266 g/mol. The van der Waals surface area contributed by atoms with Crippen molar-refractivity contribution in [2.24, 2.45) is 5.73 Å². The highest BCUT2D eigenvalue weighted by Gasteiger charge is 2.20. The van der Waals surface area contributed by atoms with E-state index in [4.69, 9.17) is 11.5 Å². The standard InChI is InChI=1S/C15H25N5O/c1-18(2)6-7-19-8-10-20(11-9-19)13-5-3-4-12(14(13)16)15(17)21/h3-5H,6-11,16H2,1-2H3,(H2,17,21). The van der Waals surface area contributed by atoms with Gasteiger partial charge < -0.3 is 21.3 Å². The summed E-state index contributed by atoms with van der Waals surface area (Å²) in [4.78, 5) is 18.2. The van der Waals surface area contributed by atoms with Crippen LogP contribution in [0.1, 0.15) is 10.4 Å². The van der Waals surface area contributed by atoms with Crippen molar-refractivity contribution in [3.05, 3.63) is 23.8 Å². The summed E-state index contributed by atoms with van der Waals surface area (Å²) < 4.78 is 0. The molecule has 0 saturated carbocycles. The second-order valence-electron chi connectivity index (χ2n) is 5.73. The first-order valence-corrected chi connectivity index (χ1v) is 7.29. The third-order valence-corrected chi connectivity index (χ3v) is 3.92. The number of hydrogen-bond acceptors (Lipinski definition) is 5. The number of nitrogens with two attached hydrogens (primary N) is 2. The zero-order chi connectivity index (χ0) is 15.4. The minimum Gasteiger partial charge on any atom is -0.396 e. The van der Waals surface area contributed by atoms with E-state index in [1.165, 1.54) is 0 Å². The molecule has 2 rings (SSSR count). The molecule has 0 bridgehead atoms. The van der Waals surface area contributed by atoms with Gasteiger partial charge in [-0.15, -0.1) is 0 Å². The van der Waals surface area contributed by atoms with Crippen LogP contribution >= 0.6 is 0 Å². The monoisotopic (exact) mass is 291 g/mol. The minimum atomic E-state index is -0.473. The molecule has 1 fully saturated rings. The van der Waals surface area contributed by atoms with Crippen molar-refractivity contribution in [2.75, 3.05) is 64.0 Å². The molecule has 1 aromatic rings. The lowest BCUT2D eigenvalue weighted by molar-refractivity contribution is 0.100. The van der Waals surface area contributed by atoms with Gasteiger partial charge >= 0.3 is 0 Å². The number of carbonyl (C=O) groups excluding carboxylic acids is 1. The number of nitrogen functional groups attached to an aromatic ring is 1. The number of hydrogen-bond donors (Lipinski definition) is 2. The summed E-state index contributed by atoms with van der Waals surface area (Å²) in [7, 11) is 4.18. The number of anilines is 2. The highest BCUT2D eigenvalue weighted by atomic mass is 16.1. The number of rotatable bonds is 5. The van der Waals surface area contributed by atoms with E-state index in [9.17, 15) is 4.79 Å². The summed E-state index contributed by atoms with van der Waals surface area (Å²) in [5.74, 6) is -0.473. The molecule has 116 valence electrons. The first kappa shape index (κ1) is 15.6.